The van der Waals surface area contributed by atoms with E-state index in [1.807, 2.05) is 24.6 Å². The van der Waals surface area contributed by atoms with Crippen LogP contribution < -0.4 is 4.74 Å². The van der Waals surface area contributed by atoms with Crippen LogP contribution in [0.25, 0.3) is 0 Å². The predicted molar refractivity (Wildman–Crippen MR) is 74.9 cm³/mol. The Morgan fingerprint density at radius 1 is 1.38 bits per heavy atom. The fraction of sp³-hybridized carbons (Fsp3) is 0.182. The van der Waals surface area contributed by atoms with Crippen LogP contribution in [0.4, 0.5) is 0 Å². The van der Waals surface area contributed by atoms with E-state index in [0.717, 1.165) is 8.71 Å². The molecule has 0 saturated carbocycles. The molecule has 1 rings (SSSR count). The van der Waals surface area contributed by atoms with Gasteiger partial charge in [0.1, 0.15) is 5.75 Å². The minimum atomic E-state index is -0.350. The molecular weight excluding hydrogens is 308 g/mol. The monoisotopic (exact) mass is 318 g/mol. The topological polar surface area (TPSA) is 26.3 Å². The molecule has 0 heterocycles. The van der Waals surface area contributed by atoms with Crippen molar-refractivity contribution in [3.05, 3.63) is 39.1 Å². The lowest BCUT2D eigenvalue weighted by molar-refractivity contribution is -0.128. The highest BCUT2D eigenvalue weighted by atomic mass is 79.9. The van der Waals surface area contributed by atoms with Gasteiger partial charge in [0, 0.05) is 14.8 Å². The van der Waals surface area contributed by atoms with Crippen LogP contribution in [-0.4, -0.2) is 18.5 Å². The summed E-state index contributed by atoms with van der Waals surface area (Å²) in [6.07, 6.45) is 5.35. The normalized spacial score (nSPS) is 9.69. The number of carbonyl (C=O) groups excluding carboxylic acids is 1. The lowest BCUT2D eigenvalue weighted by atomic mass is 10.3. The van der Waals surface area contributed by atoms with Crippen LogP contribution in [-0.2, 0) is 4.79 Å². The molecule has 0 unspecified atom stereocenters. The van der Waals surface area contributed by atoms with E-state index in [0.29, 0.717) is 5.75 Å². The van der Waals surface area contributed by atoms with Gasteiger partial charge in [0.25, 0.3) is 0 Å². The highest BCUT2D eigenvalue weighted by Crippen LogP contribution is 2.24. The number of carbonyl (C=O) groups is 1. The van der Waals surface area contributed by atoms with Gasteiger partial charge in [-0.15, -0.1) is 23.5 Å². The van der Waals surface area contributed by atoms with Gasteiger partial charge in [0.15, 0.2) is 0 Å². The first-order chi connectivity index (χ1) is 7.65. The number of ether oxygens (including phenoxy) is 1. The van der Waals surface area contributed by atoms with Crippen molar-refractivity contribution in [3.63, 3.8) is 0 Å². The van der Waals surface area contributed by atoms with E-state index in [2.05, 4.69) is 15.9 Å². The van der Waals surface area contributed by atoms with Crippen molar-refractivity contribution in [1.29, 1.82) is 0 Å². The van der Waals surface area contributed by atoms with Gasteiger partial charge in [-0.3, -0.25) is 0 Å². The summed E-state index contributed by atoms with van der Waals surface area (Å²) in [7, 11) is 0. The number of hydrogen-bond acceptors (Lipinski definition) is 4. The third kappa shape index (κ3) is 4.63. The van der Waals surface area contributed by atoms with Crippen molar-refractivity contribution in [2.75, 3.05) is 12.5 Å². The van der Waals surface area contributed by atoms with E-state index in [-0.39, 0.29) is 5.97 Å². The van der Waals surface area contributed by atoms with Crippen molar-refractivity contribution in [2.24, 2.45) is 0 Å². The number of rotatable bonds is 4. The Hall–Kier alpha value is -0.390. The lowest BCUT2D eigenvalue weighted by Crippen LogP contribution is -2.04. The van der Waals surface area contributed by atoms with Gasteiger partial charge < -0.3 is 4.74 Å². The first-order valence-electron chi connectivity index (χ1n) is 4.42. The zero-order valence-corrected chi connectivity index (χ0v) is 12.1. The summed E-state index contributed by atoms with van der Waals surface area (Å²) in [5.74, 6) is 0.189. The summed E-state index contributed by atoms with van der Waals surface area (Å²) in [5.41, 5.74) is 0. The maximum Gasteiger partial charge on any atom is 0.337 e. The molecule has 86 valence electrons. The third-order valence-electron chi connectivity index (χ3n) is 1.65. The first-order valence-corrected chi connectivity index (χ1v) is 7.67. The number of thioether (sulfide) groups is 2. The number of esters is 1. The summed E-state index contributed by atoms with van der Waals surface area (Å²) in [4.78, 5) is 11.5. The van der Waals surface area contributed by atoms with Crippen LogP contribution in [0.2, 0.25) is 0 Å². The van der Waals surface area contributed by atoms with Crippen LogP contribution in [0, 0.1) is 0 Å². The van der Waals surface area contributed by atoms with Crippen molar-refractivity contribution in [2.45, 2.75) is 0 Å². The van der Waals surface area contributed by atoms with Crippen LogP contribution in [0.1, 0.15) is 0 Å². The Balaban J connectivity index is 2.68. The molecule has 0 fully saturated rings. The van der Waals surface area contributed by atoms with Crippen LogP contribution in [0.3, 0.4) is 0 Å². The van der Waals surface area contributed by atoms with E-state index < -0.39 is 0 Å². The SMILES string of the molecule is CSC(=CC(=O)Oc1cccc(Br)c1)SC. The van der Waals surface area contributed by atoms with Crippen LogP contribution in [0.15, 0.2) is 39.1 Å². The smallest absolute Gasteiger partial charge is 0.337 e. The van der Waals surface area contributed by atoms with E-state index >= 15 is 0 Å². The summed E-state index contributed by atoms with van der Waals surface area (Å²) >= 11 is 6.37. The molecule has 0 radical (unpaired) electrons. The minimum absolute atomic E-state index is 0.350. The van der Waals surface area contributed by atoms with E-state index in [1.165, 1.54) is 29.6 Å². The van der Waals surface area contributed by atoms with Gasteiger partial charge >= 0.3 is 5.97 Å². The summed E-state index contributed by atoms with van der Waals surface area (Å²) < 4.78 is 6.97. The molecule has 1 aromatic rings. The molecule has 5 heteroatoms. The highest BCUT2D eigenvalue weighted by molar-refractivity contribution is 9.10. The molecule has 0 aliphatic carbocycles. The van der Waals surface area contributed by atoms with Crippen molar-refractivity contribution in [3.8, 4) is 5.75 Å². The molecule has 16 heavy (non-hydrogen) atoms. The van der Waals surface area contributed by atoms with Crippen LogP contribution in [0.5, 0.6) is 5.75 Å². The fourth-order valence-electron chi connectivity index (χ4n) is 0.974. The second-order valence-corrected chi connectivity index (χ2v) is 5.62. The largest absolute Gasteiger partial charge is 0.423 e. The number of hydrogen-bond donors (Lipinski definition) is 0. The van der Waals surface area contributed by atoms with Gasteiger partial charge in [-0.2, -0.15) is 0 Å². The minimum Gasteiger partial charge on any atom is -0.423 e. The molecule has 0 N–H and O–H groups in total. The zero-order chi connectivity index (χ0) is 12.0. The molecule has 1 aromatic carbocycles. The van der Waals surface area contributed by atoms with Crippen molar-refractivity contribution in [1.82, 2.24) is 0 Å². The van der Waals surface area contributed by atoms with Crippen molar-refractivity contribution >= 4 is 45.4 Å². The Labute approximate surface area is 112 Å². The summed E-state index contributed by atoms with van der Waals surface area (Å²) in [6, 6.07) is 7.20. The van der Waals surface area contributed by atoms with Gasteiger partial charge in [0.2, 0.25) is 0 Å². The summed E-state index contributed by atoms with van der Waals surface area (Å²) in [5, 5.41) is 0. The molecule has 0 spiro atoms. The lowest BCUT2D eigenvalue weighted by Gasteiger charge is -2.02. The van der Waals surface area contributed by atoms with Crippen LogP contribution >= 0.6 is 39.5 Å². The molecule has 0 amide bonds. The molecule has 0 aliphatic rings. The Kier molecular flexibility index (Phi) is 6.01. The molecular formula is C11H11BrO2S2. The second kappa shape index (κ2) is 7.04. The Morgan fingerprint density at radius 2 is 2.06 bits per heavy atom. The number of benzene rings is 1. The molecule has 2 nitrogen and oxygen atoms in total. The maximum absolute atomic E-state index is 11.5. The third-order valence-corrected chi connectivity index (χ3v) is 4.19. The van der Waals surface area contributed by atoms with E-state index in [1.54, 1.807) is 12.1 Å². The first kappa shape index (κ1) is 13.7. The van der Waals surface area contributed by atoms with Crippen molar-refractivity contribution < 1.29 is 9.53 Å². The molecule has 0 aromatic heterocycles. The maximum atomic E-state index is 11.5. The highest BCUT2D eigenvalue weighted by Gasteiger charge is 2.03. The summed E-state index contributed by atoms with van der Waals surface area (Å²) in [6.45, 7) is 0. The van der Waals surface area contributed by atoms with Gasteiger partial charge in [0.05, 0.1) is 0 Å². The molecule has 0 bridgehead atoms. The quantitative estimate of drug-likeness (QED) is 0.477. The second-order valence-electron chi connectivity index (χ2n) is 2.75. The zero-order valence-electron chi connectivity index (χ0n) is 8.90. The van der Waals surface area contributed by atoms with E-state index in [9.17, 15) is 4.79 Å². The number of halogens is 1. The average Bonchev–Trinajstić information content (AvgIpc) is 2.26. The average molecular weight is 319 g/mol. The fourth-order valence-corrected chi connectivity index (χ4v) is 2.45. The molecule has 0 saturated heterocycles. The van der Waals surface area contributed by atoms with Gasteiger partial charge in [-0.25, -0.2) is 4.79 Å². The standard InChI is InChI=1S/C11H11BrO2S2/c1-15-11(16-2)7-10(13)14-9-5-3-4-8(12)6-9/h3-7H,1-2H3. The molecule has 0 aliphatic heterocycles. The Morgan fingerprint density at radius 3 is 2.62 bits per heavy atom. The molecule has 0 atom stereocenters. The van der Waals surface area contributed by atoms with Gasteiger partial charge in [-0.1, -0.05) is 22.0 Å². The Bertz CT molecular complexity index is 399. The van der Waals surface area contributed by atoms with Gasteiger partial charge in [-0.05, 0) is 30.7 Å². The predicted octanol–water partition coefficient (Wildman–Crippen LogP) is 3.92. The van der Waals surface area contributed by atoms with E-state index in [4.69, 9.17) is 4.74 Å².